The van der Waals surface area contributed by atoms with Crippen LogP contribution >= 0.6 is 0 Å². The molecule has 1 aliphatic rings. The van der Waals surface area contributed by atoms with Gasteiger partial charge in [-0.1, -0.05) is 12.8 Å². The highest BCUT2D eigenvalue weighted by Gasteiger charge is 2.40. The molecule has 1 fully saturated rings. The van der Waals surface area contributed by atoms with E-state index in [9.17, 15) is 13.6 Å². The Kier molecular flexibility index (Phi) is 4.20. The van der Waals surface area contributed by atoms with Crippen molar-refractivity contribution in [1.82, 2.24) is 15.1 Å². The Labute approximate surface area is 122 Å². The van der Waals surface area contributed by atoms with Crippen LogP contribution in [0.25, 0.3) is 0 Å². The SMILES string of the molecule is CC(C)(C)OC(=O)NC1(c2ccn(C(F)F)n2)CCCC1. The van der Waals surface area contributed by atoms with Crippen LogP contribution in [0.15, 0.2) is 12.3 Å². The Balaban J connectivity index is 2.18. The maximum absolute atomic E-state index is 12.7. The van der Waals surface area contributed by atoms with E-state index in [1.165, 1.54) is 12.3 Å². The van der Waals surface area contributed by atoms with Crippen molar-refractivity contribution in [3.63, 3.8) is 0 Å². The molecule has 1 N–H and O–H groups in total. The third-order valence-corrected chi connectivity index (χ3v) is 3.50. The fourth-order valence-electron chi connectivity index (χ4n) is 2.62. The van der Waals surface area contributed by atoms with Crippen molar-refractivity contribution in [3.8, 4) is 0 Å². The van der Waals surface area contributed by atoms with Gasteiger partial charge in [0.2, 0.25) is 0 Å². The molecule has 0 bridgehead atoms. The van der Waals surface area contributed by atoms with Gasteiger partial charge < -0.3 is 10.1 Å². The maximum Gasteiger partial charge on any atom is 0.408 e. The summed E-state index contributed by atoms with van der Waals surface area (Å²) in [6.07, 6.45) is 3.86. The lowest BCUT2D eigenvalue weighted by atomic mass is 9.93. The highest BCUT2D eigenvalue weighted by Crippen LogP contribution is 2.38. The van der Waals surface area contributed by atoms with E-state index in [2.05, 4.69) is 10.4 Å². The second kappa shape index (κ2) is 5.61. The summed E-state index contributed by atoms with van der Waals surface area (Å²) in [6.45, 7) is 2.65. The lowest BCUT2D eigenvalue weighted by Crippen LogP contribution is -2.46. The van der Waals surface area contributed by atoms with Gasteiger partial charge in [-0.2, -0.15) is 13.9 Å². The van der Waals surface area contributed by atoms with Gasteiger partial charge in [-0.25, -0.2) is 9.48 Å². The van der Waals surface area contributed by atoms with Gasteiger partial charge in [-0.3, -0.25) is 0 Å². The summed E-state index contributed by atoms with van der Waals surface area (Å²) in [7, 11) is 0. The first kappa shape index (κ1) is 15.7. The average Bonchev–Trinajstić information content (AvgIpc) is 2.93. The van der Waals surface area contributed by atoms with E-state index >= 15 is 0 Å². The number of rotatable bonds is 3. The Hall–Kier alpha value is -1.66. The maximum atomic E-state index is 12.7. The first-order valence-corrected chi connectivity index (χ1v) is 7.07. The highest BCUT2D eigenvalue weighted by molar-refractivity contribution is 5.69. The number of aromatic nitrogens is 2. The van der Waals surface area contributed by atoms with Crippen molar-refractivity contribution >= 4 is 6.09 Å². The number of halogens is 2. The van der Waals surface area contributed by atoms with Crippen LogP contribution in [0.3, 0.4) is 0 Å². The minimum Gasteiger partial charge on any atom is -0.444 e. The van der Waals surface area contributed by atoms with Crippen LogP contribution < -0.4 is 5.32 Å². The van der Waals surface area contributed by atoms with Crippen molar-refractivity contribution in [2.75, 3.05) is 0 Å². The third-order valence-electron chi connectivity index (χ3n) is 3.50. The van der Waals surface area contributed by atoms with Crippen LogP contribution in [-0.4, -0.2) is 21.5 Å². The van der Waals surface area contributed by atoms with Crippen molar-refractivity contribution in [1.29, 1.82) is 0 Å². The van der Waals surface area contributed by atoms with Crippen LogP contribution in [0.4, 0.5) is 13.6 Å². The first-order chi connectivity index (χ1) is 9.72. The minimum absolute atomic E-state index is 0.464. The molecule has 0 aliphatic heterocycles. The molecular weight excluding hydrogens is 280 g/mol. The number of ether oxygens (including phenoxy) is 1. The molecule has 0 saturated heterocycles. The Morgan fingerprint density at radius 2 is 2.05 bits per heavy atom. The van der Waals surface area contributed by atoms with Gasteiger partial charge in [-0.05, 0) is 39.7 Å². The zero-order chi connectivity index (χ0) is 15.7. The number of amides is 1. The van der Waals surface area contributed by atoms with Gasteiger partial charge in [-0.15, -0.1) is 0 Å². The standard InChI is InChI=1S/C14H21F2N3O2/c1-13(2,3)21-12(20)17-14(7-4-5-8-14)10-6-9-19(18-10)11(15)16/h6,9,11H,4-5,7-8H2,1-3H3,(H,17,20). The molecule has 1 aromatic heterocycles. The molecule has 2 rings (SSSR count). The number of alkyl halides is 2. The topological polar surface area (TPSA) is 56.1 Å². The molecule has 118 valence electrons. The Morgan fingerprint density at radius 1 is 1.43 bits per heavy atom. The molecule has 0 atom stereocenters. The van der Waals surface area contributed by atoms with Crippen molar-refractivity contribution in [3.05, 3.63) is 18.0 Å². The van der Waals surface area contributed by atoms with Gasteiger partial charge in [0.05, 0.1) is 11.2 Å². The third kappa shape index (κ3) is 3.71. The molecule has 0 aromatic carbocycles. The van der Waals surface area contributed by atoms with Crippen LogP contribution in [0, 0.1) is 0 Å². The molecular formula is C14H21F2N3O2. The molecule has 0 spiro atoms. The van der Waals surface area contributed by atoms with Gasteiger partial charge >= 0.3 is 12.6 Å². The van der Waals surface area contributed by atoms with Crippen molar-refractivity contribution in [2.24, 2.45) is 0 Å². The highest BCUT2D eigenvalue weighted by atomic mass is 19.3. The molecule has 5 nitrogen and oxygen atoms in total. The van der Waals surface area contributed by atoms with E-state index in [0.717, 1.165) is 12.8 Å². The summed E-state index contributed by atoms with van der Waals surface area (Å²) < 4.78 is 31.2. The molecule has 0 radical (unpaired) electrons. The van der Waals surface area contributed by atoms with E-state index in [4.69, 9.17) is 4.74 Å². The van der Waals surface area contributed by atoms with Crippen LogP contribution in [-0.2, 0) is 10.3 Å². The molecule has 1 amide bonds. The van der Waals surface area contributed by atoms with E-state index in [1.807, 2.05) is 0 Å². The number of carbonyl (C=O) groups is 1. The lowest BCUT2D eigenvalue weighted by molar-refractivity contribution is 0.0441. The molecule has 1 aliphatic carbocycles. The van der Waals surface area contributed by atoms with E-state index in [0.29, 0.717) is 23.2 Å². The van der Waals surface area contributed by atoms with Crippen LogP contribution in [0.2, 0.25) is 0 Å². The number of carbonyl (C=O) groups excluding carboxylic acids is 1. The monoisotopic (exact) mass is 301 g/mol. The molecule has 0 unspecified atom stereocenters. The summed E-state index contributed by atoms with van der Waals surface area (Å²) in [5.41, 5.74) is -0.847. The van der Waals surface area contributed by atoms with Crippen LogP contribution in [0.1, 0.15) is 58.7 Å². The molecule has 21 heavy (non-hydrogen) atoms. The summed E-state index contributed by atoms with van der Waals surface area (Å²) in [4.78, 5) is 12.0. The first-order valence-electron chi connectivity index (χ1n) is 7.07. The summed E-state index contributed by atoms with van der Waals surface area (Å²) in [5, 5.41) is 6.75. The summed E-state index contributed by atoms with van der Waals surface area (Å²) >= 11 is 0. The minimum atomic E-state index is -2.68. The van der Waals surface area contributed by atoms with Crippen molar-refractivity contribution < 1.29 is 18.3 Å². The number of hydrogen-bond donors (Lipinski definition) is 1. The normalized spacial score (nSPS) is 18.0. The Bertz CT molecular complexity index is 503. The van der Waals surface area contributed by atoms with E-state index in [-0.39, 0.29) is 0 Å². The number of hydrogen-bond acceptors (Lipinski definition) is 3. The second-order valence-electron chi connectivity index (χ2n) is 6.37. The molecule has 1 aromatic rings. The number of nitrogens with one attached hydrogen (secondary N) is 1. The Morgan fingerprint density at radius 3 is 2.52 bits per heavy atom. The summed E-state index contributed by atoms with van der Waals surface area (Å²) in [6, 6.07) is 1.54. The second-order valence-corrected chi connectivity index (χ2v) is 6.37. The van der Waals surface area contributed by atoms with Gasteiger partial charge in [0.1, 0.15) is 5.60 Å². The van der Waals surface area contributed by atoms with Crippen LogP contribution in [0.5, 0.6) is 0 Å². The zero-order valence-electron chi connectivity index (χ0n) is 12.5. The fourth-order valence-corrected chi connectivity index (χ4v) is 2.62. The van der Waals surface area contributed by atoms with E-state index < -0.39 is 23.8 Å². The summed E-state index contributed by atoms with van der Waals surface area (Å²) in [5.74, 6) is 0. The van der Waals surface area contributed by atoms with E-state index in [1.54, 1.807) is 20.8 Å². The fraction of sp³-hybridized carbons (Fsp3) is 0.714. The number of nitrogens with zero attached hydrogens (tertiary/aromatic N) is 2. The molecule has 1 saturated carbocycles. The quantitative estimate of drug-likeness (QED) is 0.928. The van der Waals surface area contributed by atoms with Gasteiger partial charge in [0.15, 0.2) is 0 Å². The predicted octanol–water partition coefficient (Wildman–Crippen LogP) is 3.57. The largest absolute Gasteiger partial charge is 0.444 e. The average molecular weight is 301 g/mol. The smallest absolute Gasteiger partial charge is 0.408 e. The zero-order valence-corrected chi connectivity index (χ0v) is 12.5. The van der Waals surface area contributed by atoms with Crippen molar-refractivity contribution in [2.45, 2.75) is 64.1 Å². The number of alkyl carbamates (subject to hydrolysis) is 1. The van der Waals surface area contributed by atoms with Gasteiger partial charge in [0, 0.05) is 6.20 Å². The molecule has 1 heterocycles. The van der Waals surface area contributed by atoms with Gasteiger partial charge in [0.25, 0.3) is 0 Å². The predicted molar refractivity (Wildman–Crippen MR) is 73.0 cm³/mol. The molecule has 7 heteroatoms. The lowest BCUT2D eigenvalue weighted by Gasteiger charge is -2.30.